The molecule has 0 saturated heterocycles. The number of hydrogen-bond acceptors (Lipinski definition) is 4. The van der Waals surface area contributed by atoms with Gasteiger partial charge in [0.1, 0.15) is 0 Å². The van der Waals surface area contributed by atoms with Gasteiger partial charge in [-0.3, -0.25) is 4.79 Å². The summed E-state index contributed by atoms with van der Waals surface area (Å²) in [6.07, 6.45) is 0.661. The zero-order valence-electron chi connectivity index (χ0n) is 10.9. The molecule has 0 aliphatic rings. The summed E-state index contributed by atoms with van der Waals surface area (Å²) >= 11 is 0. The van der Waals surface area contributed by atoms with Gasteiger partial charge in [0, 0.05) is 0 Å². The minimum absolute atomic E-state index is 0.0888. The van der Waals surface area contributed by atoms with E-state index in [0.29, 0.717) is 23.5 Å². The van der Waals surface area contributed by atoms with E-state index in [4.69, 9.17) is 14.6 Å². The minimum atomic E-state index is -0.286. The van der Waals surface area contributed by atoms with Crippen molar-refractivity contribution in [2.75, 3.05) is 20.8 Å². The average molecular weight is 253 g/mol. The molecule has 1 rings (SSSR count). The van der Waals surface area contributed by atoms with Crippen LogP contribution in [0, 0.1) is 0 Å². The van der Waals surface area contributed by atoms with Crippen LogP contribution in [0.4, 0.5) is 0 Å². The molecule has 1 amide bonds. The van der Waals surface area contributed by atoms with Crippen molar-refractivity contribution in [3.8, 4) is 11.5 Å². The molecule has 0 bridgehead atoms. The Labute approximate surface area is 107 Å². The molecule has 0 aromatic heterocycles. The number of aliphatic hydroxyl groups is 1. The molecule has 0 saturated carbocycles. The lowest BCUT2D eigenvalue weighted by Crippen LogP contribution is -2.37. The number of hydrogen-bond donors (Lipinski definition) is 2. The SMILES string of the molecule is CC[C@H](CO)NC(=O)c1cccc(OC)c1OC. The van der Waals surface area contributed by atoms with Crippen LogP contribution in [0.3, 0.4) is 0 Å². The van der Waals surface area contributed by atoms with Crippen LogP contribution >= 0.6 is 0 Å². The standard InChI is InChI=1S/C13H19NO4/c1-4-9(8-15)14-13(16)10-6-5-7-11(17-2)12(10)18-3/h5-7,9,15H,4,8H2,1-3H3,(H,14,16)/t9-/m1/s1. The summed E-state index contributed by atoms with van der Waals surface area (Å²) in [5.74, 6) is 0.610. The summed E-state index contributed by atoms with van der Waals surface area (Å²) < 4.78 is 10.3. The molecule has 0 aliphatic heterocycles. The Morgan fingerprint density at radius 3 is 2.61 bits per heavy atom. The van der Waals surface area contributed by atoms with Gasteiger partial charge in [-0.25, -0.2) is 0 Å². The van der Waals surface area contributed by atoms with Crippen LogP contribution in [0.5, 0.6) is 11.5 Å². The lowest BCUT2D eigenvalue weighted by atomic mass is 10.1. The Balaban J connectivity index is 2.98. The second-order valence-corrected chi connectivity index (χ2v) is 3.80. The molecule has 1 aromatic rings. The minimum Gasteiger partial charge on any atom is -0.493 e. The van der Waals surface area contributed by atoms with Gasteiger partial charge in [-0.1, -0.05) is 13.0 Å². The zero-order valence-corrected chi connectivity index (χ0v) is 10.9. The van der Waals surface area contributed by atoms with Crippen LogP contribution in [0.1, 0.15) is 23.7 Å². The van der Waals surface area contributed by atoms with Crippen molar-refractivity contribution in [2.24, 2.45) is 0 Å². The van der Waals surface area contributed by atoms with E-state index in [2.05, 4.69) is 5.32 Å². The maximum atomic E-state index is 12.1. The molecule has 0 aliphatic carbocycles. The van der Waals surface area contributed by atoms with Crippen LogP contribution in [0.15, 0.2) is 18.2 Å². The van der Waals surface area contributed by atoms with Gasteiger partial charge in [0.15, 0.2) is 11.5 Å². The molecule has 2 N–H and O–H groups in total. The number of amides is 1. The van der Waals surface area contributed by atoms with Crippen LogP contribution in [-0.2, 0) is 0 Å². The molecular weight excluding hydrogens is 234 g/mol. The van der Waals surface area contributed by atoms with E-state index in [1.165, 1.54) is 14.2 Å². The summed E-state index contributed by atoms with van der Waals surface area (Å²) in [7, 11) is 3.00. The first-order chi connectivity index (χ1) is 8.67. The molecule has 100 valence electrons. The monoisotopic (exact) mass is 253 g/mol. The molecule has 1 atom stereocenters. The second-order valence-electron chi connectivity index (χ2n) is 3.80. The molecule has 1 aromatic carbocycles. The third-order valence-corrected chi connectivity index (χ3v) is 2.70. The molecule has 0 unspecified atom stereocenters. The third-order valence-electron chi connectivity index (χ3n) is 2.70. The Morgan fingerprint density at radius 2 is 2.11 bits per heavy atom. The van der Waals surface area contributed by atoms with Gasteiger partial charge in [0.25, 0.3) is 5.91 Å². The topological polar surface area (TPSA) is 67.8 Å². The summed E-state index contributed by atoms with van der Waals surface area (Å²) in [6.45, 7) is 1.80. The van der Waals surface area contributed by atoms with Gasteiger partial charge < -0.3 is 19.9 Å². The second kappa shape index (κ2) is 6.86. The van der Waals surface area contributed by atoms with E-state index in [1.54, 1.807) is 18.2 Å². The summed E-state index contributed by atoms with van der Waals surface area (Å²) in [5, 5.41) is 11.8. The molecule has 0 heterocycles. The van der Waals surface area contributed by atoms with E-state index in [-0.39, 0.29) is 18.6 Å². The van der Waals surface area contributed by atoms with Gasteiger partial charge in [-0.15, -0.1) is 0 Å². The van der Waals surface area contributed by atoms with Crippen LogP contribution in [0.25, 0.3) is 0 Å². The number of ether oxygens (including phenoxy) is 2. The summed E-state index contributed by atoms with van der Waals surface area (Å²) in [5.41, 5.74) is 0.392. The molecular formula is C13H19NO4. The van der Waals surface area contributed by atoms with E-state index in [9.17, 15) is 4.79 Å². The number of carbonyl (C=O) groups excluding carboxylic acids is 1. The number of carbonyl (C=O) groups is 1. The van der Waals surface area contributed by atoms with Crippen molar-refractivity contribution in [2.45, 2.75) is 19.4 Å². The summed E-state index contributed by atoms with van der Waals surface area (Å²) in [6, 6.07) is 4.84. The van der Waals surface area contributed by atoms with Gasteiger partial charge in [-0.2, -0.15) is 0 Å². The largest absolute Gasteiger partial charge is 0.493 e. The van der Waals surface area contributed by atoms with Gasteiger partial charge in [0.05, 0.1) is 32.4 Å². The molecule has 0 radical (unpaired) electrons. The van der Waals surface area contributed by atoms with Crippen molar-refractivity contribution in [3.05, 3.63) is 23.8 Å². The number of rotatable bonds is 6. The highest BCUT2D eigenvalue weighted by atomic mass is 16.5. The average Bonchev–Trinajstić information content (AvgIpc) is 2.43. The Bertz CT molecular complexity index is 402. The fourth-order valence-electron chi connectivity index (χ4n) is 1.61. The maximum Gasteiger partial charge on any atom is 0.255 e. The molecule has 5 nitrogen and oxygen atoms in total. The smallest absolute Gasteiger partial charge is 0.255 e. The predicted octanol–water partition coefficient (Wildman–Crippen LogP) is 1.20. The van der Waals surface area contributed by atoms with Crippen molar-refractivity contribution < 1.29 is 19.4 Å². The third kappa shape index (κ3) is 3.13. The molecule has 0 spiro atoms. The highest BCUT2D eigenvalue weighted by molar-refractivity contribution is 5.98. The lowest BCUT2D eigenvalue weighted by Gasteiger charge is -2.16. The van der Waals surface area contributed by atoms with Crippen molar-refractivity contribution in [1.29, 1.82) is 0 Å². The van der Waals surface area contributed by atoms with E-state index < -0.39 is 0 Å². The maximum absolute atomic E-state index is 12.1. The number of aliphatic hydroxyl groups excluding tert-OH is 1. The van der Waals surface area contributed by atoms with Crippen molar-refractivity contribution in [1.82, 2.24) is 5.32 Å². The van der Waals surface area contributed by atoms with Crippen molar-refractivity contribution >= 4 is 5.91 Å². The van der Waals surface area contributed by atoms with Gasteiger partial charge >= 0.3 is 0 Å². The van der Waals surface area contributed by atoms with Gasteiger partial charge in [-0.05, 0) is 18.6 Å². The van der Waals surface area contributed by atoms with E-state index in [1.807, 2.05) is 6.92 Å². The first-order valence-electron chi connectivity index (χ1n) is 5.80. The number of nitrogens with one attached hydrogen (secondary N) is 1. The highest BCUT2D eigenvalue weighted by Gasteiger charge is 2.18. The molecule has 18 heavy (non-hydrogen) atoms. The Kier molecular flexibility index (Phi) is 5.45. The number of methoxy groups -OCH3 is 2. The number of para-hydroxylation sites is 1. The lowest BCUT2D eigenvalue weighted by molar-refractivity contribution is 0.0911. The zero-order chi connectivity index (χ0) is 13.5. The predicted molar refractivity (Wildman–Crippen MR) is 68.2 cm³/mol. The van der Waals surface area contributed by atoms with Gasteiger partial charge in [0.2, 0.25) is 0 Å². The van der Waals surface area contributed by atoms with E-state index in [0.717, 1.165) is 0 Å². The number of benzene rings is 1. The normalized spacial score (nSPS) is 11.8. The summed E-state index contributed by atoms with van der Waals surface area (Å²) in [4.78, 5) is 12.1. The van der Waals surface area contributed by atoms with Crippen molar-refractivity contribution in [3.63, 3.8) is 0 Å². The first-order valence-corrected chi connectivity index (χ1v) is 5.80. The fraction of sp³-hybridized carbons (Fsp3) is 0.462. The van der Waals surface area contributed by atoms with Crippen LogP contribution < -0.4 is 14.8 Å². The first kappa shape index (κ1) is 14.3. The Hall–Kier alpha value is -1.75. The molecule has 0 fully saturated rings. The van der Waals surface area contributed by atoms with Crippen LogP contribution in [-0.4, -0.2) is 37.9 Å². The molecule has 5 heteroatoms. The Morgan fingerprint density at radius 1 is 1.39 bits per heavy atom. The van der Waals surface area contributed by atoms with E-state index >= 15 is 0 Å². The quantitative estimate of drug-likeness (QED) is 0.799. The highest BCUT2D eigenvalue weighted by Crippen LogP contribution is 2.30. The van der Waals surface area contributed by atoms with Crippen LogP contribution in [0.2, 0.25) is 0 Å². The fourth-order valence-corrected chi connectivity index (χ4v) is 1.61.